The number of rotatable bonds is 4. The van der Waals surface area contributed by atoms with Crippen molar-refractivity contribution < 1.29 is 14.3 Å². The molecule has 2 heterocycles. The van der Waals surface area contributed by atoms with Crippen molar-refractivity contribution in [1.82, 2.24) is 0 Å². The van der Waals surface area contributed by atoms with Gasteiger partial charge in [-0.3, -0.25) is 4.79 Å². The molecule has 5 nitrogen and oxygen atoms in total. The van der Waals surface area contributed by atoms with Crippen molar-refractivity contribution in [2.45, 2.75) is 31.1 Å². The van der Waals surface area contributed by atoms with Crippen LogP contribution in [0.5, 0.6) is 11.5 Å². The highest BCUT2D eigenvalue weighted by Crippen LogP contribution is 2.50. The van der Waals surface area contributed by atoms with Gasteiger partial charge >= 0.3 is 0 Å². The maximum Gasteiger partial charge on any atom is 0.235 e. The van der Waals surface area contributed by atoms with Crippen LogP contribution in [-0.2, 0) is 10.2 Å². The van der Waals surface area contributed by atoms with Gasteiger partial charge < -0.3 is 19.7 Å². The minimum Gasteiger partial charge on any atom is -0.486 e. The number of anilines is 2. The van der Waals surface area contributed by atoms with Gasteiger partial charge in [0.1, 0.15) is 13.2 Å². The fourth-order valence-corrected chi connectivity index (χ4v) is 4.09. The number of carbonyl (C=O) groups excluding carboxylic acids is 1. The lowest BCUT2D eigenvalue weighted by atomic mass is 9.94. The molecule has 1 saturated heterocycles. The zero-order valence-corrected chi connectivity index (χ0v) is 15.4. The molecule has 2 aromatic carbocycles. The monoisotopic (exact) mass is 364 g/mol. The first-order chi connectivity index (χ1) is 13.2. The summed E-state index contributed by atoms with van der Waals surface area (Å²) in [4.78, 5) is 15.4. The summed E-state index contributed by atoms with van der Waals surface area (Å²) >= 11 is 0. The number of hydrogen-bond donors (Lipinski definition) is 1. The van der Waals surface area contributed by atoms with Crippen LogP contribution in [0.2, 0.25) is 0 Å². The fraction of sp³-hybridized carbons (Fsp3) is 0.409. The van der Waals surface area contributed by atoms with Crippen molar-refractivity contribution in [3.8, 4) is 11.5 Å². The van der Waals surface area contributed by atoms with Gasteiger partial charge in [-0.05, 0) is 67.6 Å². The topological polar surface area (TPSA) is 50.8 Å². The average molecular weight is 364 g/mol. The Labute approximate surface area is 159 Å². The predicted molar refractivity (Wildman–Crippen MR) is 105 cm³/mol. The van der Waals surface area contributed by atoms with Gasteiger partial charge in [0.2, 0.25) is 5.91 Å². The van der Waals surface area contributed by atoms with E-state index >= 15 is 0 Å². The van der Waals surface area contributed by atoms with Gasteiger partial charge in [0.15, 0.2) is 11.5 Å². The van der Waals surface area contributed by atoms with Crippen LogP contribution in [0.15, 0.2) is 42.5 Å². The molecular weight excluding hydrogens is 340 g/mol. The van der Waals surface area contributed by atoms with Crippen LogP contribution >= 0.6 is 0 Å². The number of benzene rings is 2. The highest BCUT2D eigenvalue weighted by Gasteiger charge is 2.51. The molecule has 0 spiro atoms. The first kappa shape index (κ1) is 16.5. The lowest BCUT2D eigenvalue weighted by molar-refractivity contribution is -0.118. The molecule has 0 atom stereocenters. The Morgan fingerprint density at radius 3 is 2.33 bits per heavy atom. The maximum atomic E-state index is 13.0. The van der Waals surface area contributed by atoms with Crippen molar-refractivity contribution >= 4 is 17.3 Å². The molecule has 2 fully saturated rings. The molecule has 2 aromatic rings. The number of carbonyl (C=O) groups is 1. The van der Waals surface area contributed by atoms with Gasteiger partial charge in [0, 0.05) is 24.5 Å². The van der Waals surface area contributed by atoms with E-state index in [0.717, 1.165) is 48.7 Å². The first-order valence-electron chi connectivity index (χ1n) is 9.81. The molecule has 27 heavy (non-hydrogen) atoms. The molecule has 5 rings (SSSR count). The molecule has 140 valence electrons. The van der Waals surface area contributed by atoms with Crippen LogP contribution in [0.25, 0.3) is 0 Å². The second-order valence-corrected chi connectivity index (χ2v) is 7.64. The molecular formula is C22H24N2O3. The lowest BCUT2D eigenvalue weighted by Crippen LogP contribution is -2.28. The summed E-state index contributed by atoms with van der Waals surface area (Å²) in [5.74, 6) is 1.57. The molecule has 1 amide bonds. The number of nitrogens with one attached hydrogen (secondary N) is 1. The van der Waals surface area contributed by atoms with E-state index in [-0.39, 0.29) is 5.91 Å². The molecule has 0 bridgehead atoms. The Bertz CT molecular complexity index is 852. The number of nitrogens with zero attached hydrogens (tertiary/aromatic N) is 1. The molecule has 0 unspecified atom stereocenters. The van der Waals surface area contributed by atoms with Gasteiger partial charge in [-0.2, -0.15) is 0 Å². The number of amides is 1. The van der Waals surface area contributed by atoms with Gasteiger partial charge in [0.25, 0.3) is 0 Å². The second-order valence-electron chi connectivity index (χ2n) is 7.64. The van der Waals surface area contributed by atoms with E-state index in [2.05, 4.69) is 22.3 Å². The van der Waals surface area contributed by atoms with Crippen LogP contribution in [0.3, 0.4) is 0 Å². The van der Waals surface area contributed by atoms with Crippen molar-refractivity contribution in [2.75, 3.05) is 36.5 Å². The highest BCUT2D eigenvalue weighted by atomic mass is 16.6. The van der Waals surface area contributed by atoms with Crippen molar-refractivity contribution in [3.05, 3.63) is 48.0 Å². The number of ether oxygens (including phenoxy) is 2. The Morgan fingerprint density at radius 2 is 1.63 bits per heavy atom. The smallest absolute Gasteiger partial charge is 0.235 e. The van der Waals surface area contributed by atoms with Crippen LogP contribution in [0.1, 0.15) is 31.2 Å². The zero-order valence-electron chi connectivity index (χ0n) is 15.4. The van der Waals surface area contributed by atoms with E-state index < -0.39 is 5.41 Å². The van der Waals surface area contributed by atoms with Crippen molar-refractivity contribution in [2.24, 2.45) is 0 Å². The maximum absolute atomic E-state index is 13.0. The van der Waals surface area contributed by atoms with E-state index in [1.807, 2.05) is 30.3 Å². The third kappa shape index (κ3) is 3.01. The molecule has 1 saturated carbocycles. The van der Waals surface area contributed by atoms with E-state index in [4.69, 9.17) is 9.47 Å². The van der Waals surface area contributed by atoms with Crippen LogP contribution in [-0.4, -0.2) is 32.2 Å². The summed E-state index contributed by atoms with van der Waals surface area (Å²) in [5, 5.41) is 3.11. The van der Waals surface area contributed by atoms with Crippen LogP contribution in [0.4, 0.5) is 11.4 Å². The van der Waals surface area contributed by atoms with E-state index in [1.54, 1.807) is 0 Å². The molecule has 3 aliphatic rings. The fourth-order valence-electron chi connectivity index (χ4n) is 4.09. The molecule has 0 aromatic heterocycles. The first-order valence-corrected chi connectivity index (χ1v) is 9.81. The number of hydrogen-bond acceptors (Lipinski definition) is 4. The minimum absolute atomic E-state index is 0.0631. The van der Waals surface area contributed by atoms with Gasteiger partial charge in [0.05, 0.1) is 5.41 Å². The SMILES string of the molecule is O=C(Nc1ccc(N2CCCC2)cc1)C1(c2ccc3c(c2)OCCO3)CC1. The molecule has 1 N–H and O–H groups in total. The summed E-state index contributed by atoms with van der Waals surface area (Å²) in [6.07, 6.45) is 4.25. The van der Waals surface area contributed by atoms with E-state index in [0.29, 0.717) is 13.2 Å². The largest absolute Gasteiger partial charge is 0.486 e. The second kappa shape index (κ2) is 6.48. The molecule has 2 aliphatic heterocycles. The predicted octanol–water partition coefficient (Wildman–Crippen LogP) is 3.73. The van der Waals surface area contributed by atoms with E-state index in [1.165, 1.54) is 18.5 Å². The summed E-state index contributed by atoms with van der Waals surface area (Å²) in [7, 11) is 0. The molecule has 5 heteroatoms. The van der Waals surface area contributed by atoms with E-state index in [9.17, 15) is 4.79 Å². The number of fused-ring (bicyclic) bond motifs is 1. The Balaban J connectivity index is 1.31. The Morgan fingerprint density at radius 1 is 0.926 bits per heavy atom. The molecule has 1 aliphatic carbocycles. The molecule has 0 radical (unpaired) electrons. The normalized spacial score (nSPS) is 19.6. The summed E-state index contributed by atoms with van der Waals surface area (Å²) in [6.45, 7) is 3.38. The minimum atomic E-state index is -0.441. The standard InChI is InChI=1S/C22H24N2O3/c25-21(23-17-4-6-18(7-5-17)24-11-1-2-12-24)22(9-10-22)16-3-8-19-20(15-16)27-14-13-26-19/h3-8,15H,1-2,9-14H2,(H,23,25). The summed E-state index contributed by atoms with van der Waals surface area (Å²) in [5.41, 5.74) is 2.66. The van der Waals surface area contributed by atoms with Gasteiger partial charge in [-0.1, -0.05) is 6.07 Å². The third-order valence-corrected chi connectivity index (χ3v) is 5.88. The third-order valence-electron chi connectivity index (χ3n) is 5.88. The van der Waals surface area contributed by atoms with Crippen LogP contribution in [0, 0.1) is 0 Å². The zero-order chi connectivity index (χ0) is 18.3. The van der Waals surface area contributed by atoms with Gasteiger partial charge in [-0.15, -0.1) is 0 Å². The Kier molecular flexibility index (Phi) is 3.96. The Hall–Kier alpha value is -2.69. The lowest BCUT2D eigenvalue weighted by Gasteiger charge is -2.22. The highest BCUT2D eigenvalue weighted by molar-refractivity contribution is 6.01. The van der Waals surface area contributed by atoms with Crippen LogP contribution < -0.4 is 19.7 Å². The summed E-state index contributed by atoms with van der Waals surface area (Å²) < 4.78 is 11.3. The van der Waals surface area contributed by atoms with Crippen molar-refractivity contribution in [3.63, 3.8) is 0 Å². The van der Waals surface area contributed by atoms with Gasteiger partial charge in [-0.25, -0.2) is 0 Å². The quantitative estimate of drug-likeness (QED) is 0.898. The average Bonchev–Trinajstić information content (AvgIpc) is 3.35. The summed E-state index contributed by atoms with van der Waals surface area (Å²) in [6, 6.07) is 14.1. The van der Waals surface area contributed by atoms with Crippen molar-refractivity contribution in [1.29, 1.82) is 0 Å².